The van der Waals surface area contributed by atoms with E-state index in [1.165, 1.54) is 0 Å². The molecule has 0 aromatic heterocycles. The second kappa shape index (κ2) is 8.61. The average molecular weight is 418 g/mol. The van der Waals surface area contributed by atoms with Crippen molar-refractivity contribution in [3.63, 3.8) is 0 Å². The Balaban J connectivity index is 1.35. The number of halogens is 1. The largest absolute Gasteiger partial charge is 0.497 e. The van der Waals surface area contributed by atoms with Crippen LogP contribution in [0.3, 0.4) is 0 Å². The third kappa shape index (κ3) is 4.50. The van der Waals surface area contributed by atoms with Gasteiger partial charge in [-0.3, -0.25) is 4.79 Å². The number of fused-ring (bicyclic) bond motifs is 1. The van der Waals surface area contributed by atoms with Crippen molar-refractivity contribution >= 4 is 17.5 Å². The fourth-order valence-electron chi connectivity index (χ4n) is 3.64. The topological polar surface area (TPSA) is 57.2 Å². The maximum Gasteiger partial charge on any atom is 0.254 e. The minimum absolute atomic E-state index is 0.0331. The first-order valence-corrected chi connectivity index (χ1v) is 10.0. The minimum atomic E-state index is -0.212. The van der Waals surface area contributed by atoms with Gasteiger partial charge in [-0.2, -0.15) is 0 Å². The predicted molar refractivity (Wildman–Crippen MR) is 109 cm³/mol. The fourth-order valence-corrected chi connectivity index (χ4v) is 3.75. The maximum atomic E-state index is 12.8. The molecule has 2 aliphatic heterocycles. The summed E-state index contributed by atoms with van der Waals surface area (Å²) >= 11 is 6.07. The summed E-state index contributed by atoms with van der Waals surface area (Å²) in [6.45, 7) is 3.69. The normalized spacial score (nSPS) is 22.1. The fraction of sp³-hybridized carbons (Fsp3) is 0.409. The smallest absolute Gasteiger partial charge is 0.254 e. The van der Waals surface area contributed by atoms with Crippen molar-refractivity contribution in [3.8, 4) is 11.5 Å². The molecule has 0 aliphatic carbocycles. The SMILES string of the molecule is COc1cccc(OC2CO[C@H]3CN(C(=O)c4ccc(Cl)c(C)c4)C[C@@H]3OC2)c1. The Labute approximate surface area is 175 Å². The molecule has 2 saturated heterocycles. The lowest BCUT2D eigenvalue weighted by Gasteiger charge is -2.20. The van der Waals surface area contributed by atoms with E-state index in [4.69, 9.17) is 30.5 Å². The molecule has 2 aliphatic rings. The van der Waals surface area contributed by atoms with E-state index in [1.807, 2.05) is 37.3 Å². The van der Waals surface area contributed by atoms with Gasteiger partial charge in [-0.25, -0.2) is 0 Å². The van der Waals surface area contributed by atoms with Crippen LogP contribution in [-0.2, 0) is 9.47 Å². The summed E-state index contributed by atoms with van der Waals surface area (Å²) in [4.78, 5) is 14.6. The Kier molecular flexibility index (Phi) is 5.94. The van der Waals surface area contributed by atoms with E-state index in [2.05, 4.69) is 0 Å². The Morgan fingerprint density at radius 3 is 2.41 bits per heavy atom. The van der Waals surface area contributed by atoms with Gasteiger partial charge in [0.25, 0.3) is 5.91 Å². The van der Waals surface area contributed by atoms with Gasteiger partial charge in [-0.05, 0) is 42.8 Å². The number of carbonyl (C=O) groups excluding carboxylic acids is 1. The zero-order valence-electron chi connectivity index (χ0n) is 16.5. The van der Waals surface area contributed by atoms with Crippen LogP contribution in [0.1, 0.15) is 15.9 Å². The second-order valence-electron chi connectivity index (χ2n) is 7.34. The summed E-state index contributed by atoms with van der Waals surface area (Å²) in [7, 11) is 1.62. The molecule has 2 heterocycles. The van der Waals surface area contributed by atoms with Gasteiger partial charge in [0.15, 0.2) is 0 Å². The minimum Gasteiger partial charge on any atom is -0.497 e. The zero-order valence-corrected chi connectivity index (χ0v) is 17.2. The number of aryl methyl sites for hydroxylation is 1. The van der Waals surface area contributed by atoms with Gasteiger partial charge < -0.3 is 23.8 Å². The molecule has 154 valence electrons. The number of hydrogen-bond acceptors (Lipinski definition) is 5. The molecule has 0 unspecified atom stereocenters. The van der Waals surface area contributed by atoms with E-state index in [0.29, 0.717) is 42.6 Å². The Bertz CT molecular complexity index is 873. The van der Waals surface area contributed by atoms with Crippen molar-refractivity contribution in [2.24, 2.45) is 0 Å². The van der Waals surface area contributed by atoms with Gasteiger partial charge in [0, 0.05) is 29.7 Å². The first-order valence-electron chi connectivity index (χ1n) is 9.63. The van der Waals surface area contributed by atoms with E-state index in [9.17, 15) is 4.79 Å². The highest BCUT2D eigenvalue weighted by Gasteiger charge is 2.40. The van der Waals surface area contributed by atoms with Crippen LogP contribution in [-0.4, -0.2) is 62.5 Å². The monoisotopic (exact) mass is 417 g/mol. The highest BCUT2D eigenvalue weighted by atomic mass is 35.5. The van der Waals surface area contributed by atoms with E-state index < -0.39 is 0 Å². The van der Waals surface area contributed by atoms with Gasteiger partial charge in [-0.1, -0.05) is 17.7 Å². The molecule has 29 heavy (non-hydrogen) atoms. The molecule has 0 saturated carbocycles. The van der Waals surface area contributed by atoms with Gasteiger partial charge in [0.1, 0.15) is 29.8 Å². The van der Waals surface area contributed by atoms with Crippen LogP contribution in [0.25, 0.3) is 0 Å². The predicted octanol–water partition coefficient (Wildman–Crippen LogP) is 3.34. The number of benzene rings is 2. The van der Waals surface area contributed by atoms with E-state index in [1.54, 1.807) is 24.1 Å². The molecule has 0 radical (unpaired) electrons. The number of methoxy groups -OCH3 is 1. The third-order valence-corrected chi connectivity index (χ3v) is 5.67. The van der Waals surface area contributed by atoms with Crippen molar-refractivity contribution in [1.29, 1.82) is 0 Å². The molecule has 6 nitrogen and oxygen atoms in total. The molecular formula is C22H24ClNO5. The lowest BCUT2D eigenvalue weighted by Crippen LogP contribution is -2.32. The number of amides is 1. The number of carbonyl (C=O) groups is 1. The molecule has 2 atom stereocenters. The lowest BCUT2D eigenvalue weighted by molar-refractivity contribution is -0.00461. The van der Waals surface area contributed by atoms with Crippen molar-refractivity contribution in [1.82, 2.24) is 4.90 Å². The summed E-state index contributed by atoms with van der Waals surface area (Å²) in [5, 5.41) is 0.655. The second-order valence-corrected chi connectivity index (χ2v) is 7.74. The Hall–Kier alpha value is -2.28. The average Bonchev–Trinajstić information content (AvgIpc) is 3.05. The first kappa shape index (κ1) is 20.0. The van der Waals surface area contributed by atoms with Crippen molar-refractivity contribution in [2.75, 3.05) is 33.4 Å². The summed E-state index contributed by atoms with van der Waals surface area (Å²) in [6, 6.07) is 12.8. The Morgan fingerprint density at radius 2 is 1.76 bits per heavy atom. The highest BCUT2D eigenvalue weighted by molar-refractivity contribution is 6.31. The van der Waals surface area contributed by atoms with Gasteiger partial charge >= 0.3 is 0 Å². The van der Waals surface area contributed by atoms with Crippen LogP contribution in [0.4, 0.5) is 0 Å². The van der Waals surface area contributed by atoms with Gasteiger partial charge in [-0.15, -0.1) is 0 Å². The van der Waals surface area contributed by atoms with Crippen molar-refractivity contribution in [2.45, 2.75) is 25.2 Å². The standard InChI is InChI=1S/C22H24ClNO5/c1-14-8-15(6-7-19(14)23)22(25)24-10-20-21(11-24)28-13-18(12-27-20)29-17-5-3-4-16(9-17)26-2/h3-9,18,20-21H,10-13H2,1-2H3/t20-,21-/m0/s1. The zero-order chi connectivity index (χ0) is 20.4. The molecule has 2 fully saturated rings. The number of rotatable bonds is 4. The van der Waals surface area contributed by atoms with Crippen LogP contribution < -0.4 is 9.47 Å². The molecule has 4 rings (SSSR count). The Morgan fingerprint density at radius 1 is 1.07 bits per heavy atom. The van der Waals surface area contributed by atoms with Gasteiger partial charge in [0.05, 0.1) is 20.3 Å². The lowest BCUT2D eigenvalue weighted by atomic mass is 10.1. The van der Waals surface area contributed by atoms with Crippen LogP contribution in [0.15, 0.2) is 42.5 Å². The summed E-state index contributed by atoms with van der Waals surface area (Å²) in [6.07, 6.45) is -0.534. The van der Waals surface area contributed by atoms with E-state index in [-0.39, 0.29) is 24.2 Å². The van der Waals surface area contributed by atoms with Crippen LogP contribution in [0.2, 0.25) is 5.02 Å². The quantitative estimate of drug-likeness (QED) is 0.763. The molecule has 1 amide bonds. The summed E-state index contributed by atoms with van der Waals surface area (Å²) in [5.41, 5.74) is 1.51. The van der Waals surface area contributed by atoms with Crippen molar-refractivity contribution in [3.05, 3.63) is 58.6 Å². The van der Waals surface area contributed by atoms with Crippen LogP contribution >= 0.6 is 11.6 Å². The molecular weight excluding hydrogens is 394 g/mol. The third-order valence-electron chi connectivity index (χ3n) is 5.24. The van der Waals surface area contributed by atoms with E-state index in [0.717, 1.165) is 11.3 Å². The molecule has 0 N–H and O–H groups in total. The first-order chi connectivity index (χ1) is 14.0. The molecule has 2 aromatic rings. The number of ether oxygens (including phenoxy) is 4. The summed E-state index contributed by atoms with van der Waals surface area (Å²) in [5.74, 6) is 1.42. The molecule has 0 spiro atoms. The summed E-state index contributed by atoms with van der Waals surface area (Å²) < 4.78 is 23.3. The molecule has 2 aromatic carbocycles. The van der Waals surface area contributed by atoms with Crippen LogP contribution in [0.5, 0.6) is 11.5 Å². The number of hydrogen-bond donors (Lipinski definition) is 0. The number of nitrogens with zero attached hydrogens (tertiary/aromatic N) is 1. The van der Waals surface area contributed by atoms with Crippen LogP contribution in [0, 0.1) is 6.92 Å². The van der Waals surface area contributed by atoms with Gasteiger partial charge in [0.2, 0.25) is 0 Å². The van der Waals surface area contributed by atoms with Crippen molar-refractivity contribution < 1.29 is 23.7 Å². The maximum absolute atomic E-state index is 12.8. The highest BCUT2D eigenvalue weighted by Crippen LogP contribution is 2.26. The molecule has 0 bridgehead atoms. The molecule has 7 heteroatoms. The number of likely N-dealkylation sites (tertiary alicyclic amines) is 1. The van der Waals surface area contributed by atoms with E-state index >= 15 is 0 Å².